The first-order valence-electron chi connectivity index (χ1n) is 18.2. The second kappa shape index (κ2) is 19.6. The maximum atomic E-state index is 14.0. The van der Waals surface area contributed by atoms with Crippen molar-refractivity contribution in [2.75, 3.05) is 73.6 Å². The number of benzene rings is 3. The summed E-state index contributed by atoms with van der Waals surface area (Å²) in [4.78, 5) is 54.5. The normalized spacial score (nSPS) is 11.6. The molecule has 2 N–H and O–H groups in total. The molecule has 0 saturated heterocycles. The minimum atomic E-state index is -0.828. The third kappa shape index (κ3) is 10.9. The molecule has 0 radical (unpaired) electrons. The zero-order valence-electron chi connectivity index (χ0n) is 32.1. The Kier molecular flexibility index (Phi) is 15.0. The number of carbonyl (C=O) groups is 4. The molecule has 1 aliphatic carbocycles. The monoisotopic (exact) mass is 728 g/mol. The molecule has 3 amide bonds. The van der Waals surface area contributed by atoms with Crippen molar-refractivity contribution in [3.8, 4) is 22.5 Å². The average Bonchev–Trinajstić information content (AvgIpc) is 3.14. The van der Waals surface area contributed by atoms with Crippen LogP contribution in [-0.4, -0.2) is 103 Å². The van der Waals surface area contributed by atoms with Gasteiger partial charge in [0.05, 0.1) is 19.3 Å². The fourth-order valence-corrected chi connectivity index (χ4v) is 6.13. The number of nitrogens with one attached hydrogen (secondary N) is 2. The van der Waals surface area contributed by atoms with Crippen molar-refractivity contribution in [1.29, 1.82) is 0 Å². The van der Waals surface area contributed by atoms with E-state index >= 15 is 0 Å². The number of nitrogens with zero attached hydrogens (tertiary/aromatic N) is 3. The topological polar surface area (TPSA) is 133 Å². The van der Waals surface area contributed by atoms with Gasteiger partial charge in [-0.2, -0.15) is 0 Å². The summed E-state index contributed by atoms with van der Waals surface area (Å²) >= 11 is 0. The van der Waals surface area contributed by atoms with E-state index in [2.05, 4.69) is 34.9 Å². The van der Waals surface area contributed by atoms with Gasteiger partial charge < -0.3 is 34.3 Å². The molecule has 0 fully saturated rings. The maximum absolute atomic E-state index is 14.0. The first-order chi connectivity index (χ1) is 25.4. The van der Waals surface area contributed by atoms with Gasteiger partial charge in [-0.05, 0) is 56.0 Å². The number of hydrogen-bond donors (Lipinski definition) is 2. The largest absolute Gasteiger partial charge is 0.464 e. The highest BCUT2D eigenvalue weighted by molar-refractivity contribution is 6.09. The number of unbranched alkanes of at least 4 members (excludes halogenated alkanes) is 2. The summed E-state index contributed by atoms with van der Waals surface area (Å²) < 4.78 is 18.5. The Labute approximate surface area is 312 Å². The number of ether oxygens (including phenoxy) is 2. The zero-order chi connectivity index (χ0) is 38.5. The van der Waals surface area contributed by atoms with Gasteiger partial charge in [-0.25, -0.2) is 9.37 Å². The van der Waals surface area contributed by atoms with Gasteiger partial charge >= 0.3 is 5.97 Å². The lowest BCUT2D eigenvalue weighted by atomic mass is 9.90. The molecule has 12 nitrogen and oxygen atoms in total. The van der Waals surface area contributed by atoms with E-state index in [0.29, 0.717) is 31.5 Å². The van der Waals surface area contributed by atoms with Gasteiger partial charge in [-0.1, -0.05) is 24.6 Å². The maximum Gasteiger partial charge on any atom is 0.331 e. The van der Waals surface area contributed by atoms with Crippen molar-refractivity contribution < 1.29 is 33.1 Å². The number of fused-ring (bicyclic) bond motifs is 2. The van der Waals surface area contributed by atoms with Crippen molar-refractivity contribution in [3.05, 3.63) is 71.6 Å². The first kappa shape index (κ1) is 40.5. The third-order valence-corrected chi connectivity index (χ3v) is 9.04. The molecule has 0 saturated carbocycles. The number of amides is 3. The third-order valence-electron chi connectivity index (χ3n) is 9.04. The van der Waals surface area contributed by atoms with Crippen LogP contribution in [0.2, 0.25) is 0 Å². The molecule has 1 atom stereocenters. The number of methoxy groups -OCH3 is 1. The number of carbonyl (C=O) groups excluding carboxylic acids is 4. The molecule has 0 spiro atoms. The number of anilines is 1. The van der Waals surface area contributed by atoms with Crippen molar-refractivity contribution in [1.82, 2.24) is 20.1 Å². The van der Waals surface area contributed by atoms with Crippen LogP contribution in [0.4, 0.5) is 5.69 Å². The minimum absolute atomic E-state index is 0.0452. The van der Waals surface area contributed by atoms with Crippen LogP contribution in [0, 0.1) is 0 Å². The molecule has 12 heteroatoms. The lowest BCUT2D eigenvalue weighted by Crippen LogP contribution is -2.44. The second-order valence-electron chi connectivity index (χ2n) is 13.5. The van der Waals surface area contributed by atoms with Crippen molar-refractivity contribution in [2.45, 2.75) is 51.5 Å². The highest BCUT2D eigenvalue weighted by Gasteiger charge is 2.24. The standard InChI is InChI=1S/C41H53N5O7/c1-8-52-41(50)34(27-51-7)43-38(48)17-10-9-13-23-42-37(47)18-14-24-46(6)40(49)31-16-12-11-15-30(31)39-32-21-19-28(44(2)3)25-35(32)53-36-26-29(45(4)5)20-22-33(36)39/h11-12,15-16,19-22,25-26,34H,8-10,13-14,17-18,23-24,27H2,1-7H3,(H-,42,43,47,48)/p+1. The van der Waals surface area contributed by atoms with Gasteiger partial charge in [0, 0.05) is 94.1 Å². The second-order valence-corrected chi connectivity index (χ2v) is 13.5. The first-order valence-corrected chi connectivity index (χ1v) is 18.2. The Morgan fingerprint density at radius 1 is 0.868 bits per heavy atom. The van der Waals surface area contributed by atoms with Gasteiger partial charge in [0.2, 0.25) is 17.2 Å². The molecule has 2 aromatic carbocycles. The number of hydrogen-bond acceptors (Lipinski definition) is 8. The van der Waals surface area contributed by atoms with Crippen LogP contribution >= 0.6 is 0 Å². The van der Waals surface area contributed by atoms with Crippen LogP contribution in [0.5, 0.6) is 0 Å². The van der Waals surface area contributed by atoms with Crippen molar-refractivity contribution in [2.24, 2.45) is 0 Å². The smallest absolute Gasteiger partial charge is 0.331 e. The van der Waals surface area contributed by atoms with Crippen LogP contribution in [0.1, 0.15) is 55.8 Å². The zero-order valence-corrected chi connectivity index (χ0v) is 32.1. The minimum Gasteiger partial charge on any atom is -0.464 e. The van der Waals surface area contributed by atoms with Gasteiger partial charge in [0.1, 0.15) is 25.4 Å². The molecule has 2 aromatic rings. The van der Waals surface area contributed by atoms with Gasteiger partial charge in [-0.15, -0.1) is 0 Å². The Hall–Kier alpha value is -5.23. The van der Waals surface area contributed by atoms with Crippen LogP contribution in [0.3, 0.4) is 0 Å². The Morgan fingerprint density at radius 3 is 2.34 bits per heavy atom. The van der Waals surface area contributed by atoms with Crippen molar-refractivity contribution >= 4 is 40.3 Å². The van der Waals surface area contributed by atoms with Gasteiger partial charge in [0.15, 0.2) is 6.04 Å². The fourth-order valence-electron chi connectivity index (χ4n) is 6.13. The number of esters is 1. The molecule has 0 aromatic heterocycles. The Morgan fingerprint density at radius 2 is 1.62 bits per heavy atom. The molecule has 4 rings (SSSR count). The molecule has 1 unspecified atom stereocenters. The van der Waals surface area contributed by atoms with Crippen LogP contribution < -0.4 is 25.5 Å². The van der Waals surface area contributed by atoms with Gasteiger partial charge in [0.25, 0.3) is 5.91 Å². The van der Waals surface area contributed by atoms with Gasteiger partial charge in [-0.3, -0.25) is 14.4 Å². The van der Waals surface area contributed by atoms with Crippen LogP contribution in [0.15, 0.2) is 65.1 Å². The Bertz CT molecular complexity index is 1930. The van der Waals surface area contributed by atoms with E-state index in [1.165, 1.54) is 7.11 Å². The summed E-state index contributed by atoms with van der Waals surface area (Å²) in [7, 11) is 11.2. The predicted molar refractivity (Wildman–Crippen MR) is 208 cm³/mol. The molecule has 2 aliphatic rings. The summed E-state index contributed by atoms with van der Waals surface area (Å²) in [6.45, 7) is 2.88. The summed E-state index contributed by atoms with van der Waals surface area (Å²) in [5.74, 6) is -0.249. The number of rotatable bonds is 18. The van der Waals surface area contributed by atoms with E-state index in [0.717, 1.165) is 57.3 Å². The summed E-state index contributed by atoms with van der Waals surface area (Å²) in [6, 6.07) is 19.1. The van der Waals surface area contributed by atoms with E-state index in [-0.39, 0.29) is 43.8 Å². The van der Waals surface area contributed by atoms with E-state index in [1.807, 2.05) is 74.1 Å². The Balaban J connectivity index is 1.34. The van der Waals surface area contributed by atoms with Crippen LogP contribution in [0.25, 0.3) is 33.4 Å². The van der Waals surface area contributed by atoms with Crippen LogP contribution in [-0.2, 0) is 23.9 Å². The van der Waals surface area contributed by atoms with E-state index < -0.39 is 12.0 Å². The molecule has 1 aliphatic heterocycles. The van der Waals surface area contributed by atoms with Crippen molar-refractivity contribution in [3.63, 3.8) is 0 Å². The quantitative estimate of drug-likeness (QED) is 0.0662. The average molecular weight is 729 g/mol. The van der Waals surface area contributed by atoms with E-state index in [4.69, 9.17) is 13.9 Å². The molecule has 53 heavy (non-hydrogen) atoms. The van der Waals surface area contributed by atoms with E-state index in [9.17, 15) is 19.2 Å². The summed E-state index contributed by atoms with van der Waals surface area (Å²) in [6.07, 6.45) is 3.14. The lowest BCUT2D eigenvalue weighted by molar-refractivity contribution is -0.149. The summed E-state index contributed by atoms with van der Waals surface area (Å²) in [5.41, 5.74) is 4.96. The predicted octanol–water partition coefficient (Wildman–Crippen LogP) is 4.53. The molecule has 284 valence electrons. The summed E-state index contributed by atoms with van der Waals surface area (Å²) in [5, 5.41) is 7.51. The molecule has 0 bridgehead atoms. The van der Waals surface area contributed by atoms with E-state index in [1.54, 1.807) is 18.9 Å². The SMILES string of the molecule is CCOC(=O)C(COC)NC(=O)CCCCCNC(=O)CCCN(C)C(=O)c1ccccc1-c1c2ccc(=[N+](C)C)cc-2oc2cc(N(C)C)ccc12. The molecular weight excluding hydrogens is 674 g/mol. The molecular formula is C41H54N5O7+. The fraction of sp³-hybridized carbons (Fsp3) is 0.439. The highest BCUT2D eigenvalue weighted by atomic mass is 16.5. The highest BCUT2D eigenvalue weighted by Crippen LogP contribution is 2.42. The molecule has 1 heterocycles. The lowest BCUT2D eigenvalue weighted by Gasteiger charge is -2.22.